The van der Waals surface area contributed by atoms with Crippen LogP contribution < -0.4 is 5.32 Å². The van der Waals surface area contributed by atoms with Gasteiger partial charge in [-0.25, -0.2) is 0 Å². The fourth-order valence-corrected chi connectivity index (χ4v) is 2.82. The first kappa shape index (κ1) is 16.0. The molecule has 0 radical (unpaired) electrons. The SMILES string of the molecule is CCCC(O)CNC(=O)C1CC(CC)CC1C(=O)O. The molecule has 19 heavy (non-hydrogen) atoms. The van der Waals surface area contributed by atoms with Crippen molar-refractivity contribution in [3.63, 3.8) is 0 Å². The van der Waals surface area contributed by atoms with Crippen molar-refractivity contribution in [1.29, 1.82) is 0 Å². The summed E-state index contributed by atoms with van der Waals surface area (Å²) in [6, 6.07) is 0. The normalized spacial score (nSPS) is 28.1. The van der Waals surface area contributed by atoms with E-state index in [4.69, 9.17) is 0 Å². The summed E-state index contributed by atoms with van der Waals surface area (Å²) < 4.78 is 0. The van der Waals surface area contributed by atoms with Crippen LogP contribution in [0.15, 0.2) is 0 Å². The van der Waals surface area contributed by atoms with Gasteiger partial charge in [0.05, 0.1) is 17.9 Å². The smallest absolute Gasteiger partial charge is 0.307 e. The molecule has 4 unspecified atom stereocenters. The quantitative estimate of drug-likeness (QED) is 0.653. The fraction of sp³-hybridized carbons (Fsp3) is 0.857. The molecule has 0 spiro atoms. The van der Waals surface area contributed by atoms with Gasteiger partial charge in [0.15, 0.2) is 0 Å². The van der Waals surface area contributed by atoms with Gasteiger partial charge in [0.1, 0.15) is 0 Å². The number of amides is 1. The van der Waals surface area contributed by atoms with Gasteiger partial charge in [0.25, 0.3) is 0 Å². The lowest BCUT2D eigenvalue weighted by Crippen LogP contribution is -2.39. The Morgan fingerprint density at radius 1 is 1.26 bits per heavy atom. The van der Waals surface area contributed by atoms with E-state index in [0.29, 0.717) is 25.2 Å². The molecule has 0 aliphatic heterocycles. The summed E-state index contributed by atoms with van der Waals surface area (Å²) in [7, 11) is 0. The third kappa shape index (κ3) is 4.49. The molecule has 0 aromatic rings. The Morgan fingerprint density at radius 2 is 1.89 bits per heavy atom. The van der Waals surface area contributed by atoms with Crippen LogP contribution in [-0.2, 0) is 9.59 Å². The average molecular weight is 271 g/mol. The summed E-state index contributed by atoms with van der Waals surface area (Å²) >= 11 is 0. The maximum absolute atomic E-state index is 12.0. The number of hydrogen-bond donors (Lipinski definition) is 3. The molecule has 1 fully saturated rings. The molecule has 0 aromatic carbocycles. The highest BCUT2D eigenvalue weighted by molar-refractivity contribution is 5.85. The lowest BCUT2D eigenvalue weighted by molar-refractivity contribution is -0.146. The van der Waals surface area contributed by atoms with Crippen molar-refractivity contribution in [2.45, 2.75) is 52.1 Å². The van der Waals surface area contributed by atoms with E-state index in [9.17, 15) is 19.8 Å². The first-order valence-corrected chi connectivity index (χ1v) is 7.18. The van der Waals surface area contributed by atoms with Gasteiger partial charge in [-0.15, -0.1) is 0 Å². The maximum Gasteiger partial charge on any atom is 0.307 e. The van der Waals surface area contributed by atoms with Crippen molar-refractivity contribution >= 4 is 11.9 Å². The second-order valence-corrected chi connectivity index (χ2v) is 5.48. The minimum absolute atomic E-state index is 0.215. The largest absolute Gasteiger partial charge is 0.481 e. The Balaban J connectivity index is 2.52. The van der Waals surface area contributed by atoms with Crippen LogP contribution in [0.1, 0.15) is 46.0 Å². The number of aliphatic hydroxyl groups is 1. The summed E-state index contributed by atoms with van der Waals surface area (Å²) in [5.74, 6) is -1.81. The Hall–Kier alpha value is -1.10. The van der Waals surface area contributed by atoms with E-state index in [1.54, 1.807) is 0 Å². The van der Waals surface area contributed by atoms with Crippen molar-refractivity contribution in [2.24, 2.45) is 17.8 Å². The molecule has 4 atom stereocenters. The average Bonchev–Trinajstić information content (AvgIpc) is 2.80. The highest BCUT2D eigenvalue weighted by Gasteiger charge is 2.41. The summed E-state index contributed by atoms with van der Waals surface area (Å²) in [6.45, 7) is 4.20. The number of aliphatic hydroxyl groups excluding tert-OH is 1. The van der Waals surface area contributed by atoms with Crippen LogP contribution in [0.2, 0.25) is 0 Å². The van der Waals surface area contributed by atoms with Crippen LogP contribution in [0.4, 0.5) is 0 Å². The van der Waals surface area contributed by atoms with Crippen LogP contribution in [0, 0.1) is 17.8 Å². The third-order valence-electron chi connectivity index (χ3n) is 4.03. The number of carboxylic acids is 1. The second kappa shape index (κ2) is 7.48. The third-order valence-corrected chi connectivity index (χ3v) is 4.03. The predicted molar refractivity (Wildman–Crippen MR) is 71.6 cm³/mol. The van der Waals surface area contributed by atoms with Gasteiger partial charge in [-0.2, -0.15) is 0 Å². The zero-order valence-electron chi connectivity index (χ0n) is 11.8. The minimum atomic E-state index is -0.884. The molecule has 0 saturated heterocycles. The maximum atomic E-state index is 12.0. The predicted octanol–water partition coefficient (Wildman–Crippen LogP) is 1.40. The summed E-state index contributed by atoms with van der Waals surface area (Å²) in [5, 5.41) is 21.4. The summed E-state index contributed by atoms with van der Waals surface area (Å²) in [4.78, 5) is 23.2. The van der Waals surface area contributed by atoms with Crippen molar-refractivity contribution in [1.82, 2.24) is 5.32 Å². The molecule has 1 aliphatic rings. The van der Waals surface area contributed by atoms with Gasteiger partial charge in [-0.3, -0.25) is 9.59 Å². The van der Waals surface area contributed by atoms with Crippen LogP contribution in [-0.4, -0.2) is 34.7 Å². The Morgan fingerprint density at radius 3 is 2.42 bits per heavy atom. The van der Waals surface area contributed by atoms with Crippen molar-refractivity contribution in [3.8, 4) is 0 Å². The monoisotopic (exact) mass is 271 g/mol. The molecule has 5 nitrogen and oxygen atoms in total. The minimum Gasteiger partial charge on any atom is -0.481 e. The highest BCUT2D eigenvalue weighted by atomic mass is 16.4. The second-order valence-electron chi connectivity index (χ2n) is 5.48. The van der Waals surface area contributed by atoms with Crippen LogP contribution in [0.5, 0.6) is 0 Å². The van der Waals surface area contributed by atoms with Crippen LogP contribution >= 0.6 is 0 Å². The molecular formula is C14H25NO4. The van der Waals surface area contributed by atoms with Gasteiger partial charge >= 0.3 is 5.97 Å². The topological polar surface area (TPSA) is 86.6 Å². The van der Waals surface area contributed by atoms with E-state index >= 15 is 0 Å². The lowest BCUT2D eigenvalue weighted by atomic mass is 9.95. The molecule has 1 saturated carbocycles. The first-order chi connectivity index (χ1) is 8.99. The van der Waals surface area contributed by atoms with Gasteiger partial charge in [0, 0.05) is 6.54 Å². The van der Waals surface area contributed by atoms with E-state index in [2.05, 4.69) is 5.32 Å². The lowest BCUT2D eigenvalue weighted by Gasteiger charge is -2.17. The first-order valence-electron chi connectivity index (χ1n) is 7.18. The zero-order valence-corrected chi connectivity index (χ0v) is 11.8. The zero-order chi connectivity index (χ0) is 14.4. The number of carboxylic acid groups (broad SMARTS) is 1. The van der Waals surface area contributed by atoms with Gasteiger partial charge < -0.3 is 15.5 Å². The van der Waals surface area contributed by atoms with E-state index in [0.717, 1.165) is 12.8 Å². The van der Waals surface area contributed by atoms with E-state index in [1.807, 2.05) is 13.8 Å². The number of aliphatic carboxylic acids is 1. The van der Waals surface area contributed by atoms with Crippen LogP contribution in [0.3, 0.4) is 0 Å². The summed E-state index contributed by atoms with van der Waals surface area (Å²) in [5.41, 5.74) is 0. The Labute approximate surface area is 114 Å². The standard InChI is InChI=1S/C14H25NO4/c1-3-5-10(16)8-15-13(17)11-6-9(4-2)7-12(11)14(18)19/h9-12,16H,3-8H2,1-2H3,(H,15,17)(H,18,19). The molecule has 0 bridgehead atoms. The number of rotatable bonds is 7. The summed E-state index contributed by atoms with van der Waals surface area (Å²) in [6.07, 6.45) is 3.10. The van der Waals surface area contributed by atoms with Gasteiger partial charge in [0.2, 0.25) is 5.91 Å². The molecule has 3 N–H and O–H groups in total. The van der Waals surface area contributed by atoms with E-state index in [1.165, 1.54) is 0 Å². The Kier molecular flexibility index (Phi) is 6.28. The van der Waals surface area contributed by atoms with Gasteiger partial charge in [-0.05, 0) is 25.2 Å². The van der Waals surface area contributed by atoms with Gasteiger partial charge in [-0.1, -0.05) is 26.7 Å². The van der Waals surface area contributed by atoms with Crippen molar-refractivity contribution < 1.29 is 19.8 Å². The highest BCUT2D eigenvalue weighted by Crippen LogP contribution is 2.38. The molecule has 110 valence electrons. The van der Waals surface area contributed by atoms with Crippen LogP contribution in [0.25, 0.3) is 0 Å². The molecule has 0 heterocycles. The van der Waals surface area contributed by atoms with Crippen molar-refractivity contribution in [2.75, 3.05) is 6.54 Å². The number of nitrogens with one attached hydrogen (secondary N) is 1. The Bertz CT molecular complexity index is 319. The molecule has 1 rings (SSSR count). The number of carbonyl (C=O) groups is 2. The number of carbonyl (C=O) groups excluding carboxylic acids is 1. The van der Waals surface area contributed by atoms with E-state index < -0.39 is 23.9 Å². The molecule has 0 aromatic heterocycles. The fourth-order valence-electron chi connectivity index (χ4n) is 2.82. The van der Waals surface area contributed by atoms with E-state index in [-0.39, 0.29) is 12.5 Å². The molecule has 1 amide bonds. The molecular weight excluding hydrogens is 246 g/mol. The number of hydrogen-bond acceptors (Lipinski definition) is 3. The molecule has 1 aliphatic carbocycles. The van der Waals surface area contributed by atoms with Crippen molar-refractivity contribution in [3.05, 3.63) is 0 Å². The molecule has 5 heteroatoms.